The second-order valence-electron chi connectivity index (χ2n) is 7.19. The van der Waals surface area contributed by atoms with E-state index in [0.29, 0.717) is 17.1 Å². The predicted octanol–water partition coefficient (Wildman–Crippen LogP) is 4.17. The molecular weight excluding hydrogens is 368 g/mol. The minimum atomic E-state index is -0.766. The number of alkyl carbamates (subject to hydrolysis) is 1. The van der Waals surface area contributed by atoms with Crippen molar-refractivity contribution in [2.24, 2.45) is 0 Å². The van der Waals surface area contributed by atoms with Crippen molar-refractivity contribution in [2.75, 3.05) is 0 Å². The van der Waals surface area contributed by atoms with Gasteiger partial charge in [-0.1, -0.05) is 30.3 Å². The van der Waals surface area contributed by atoms with Gasteiger partial charge in [-0.25, -0.2) is 4.79 Å². The topological polar surface area (TPSA) is 88.4 Å². The van der Waals surface area contributed by atoms with Crippen LogP contribution in [0.5, 0.6) is 11.5 Å². The number of nitrogens with one attached hydrogen (secondary N) is 1. The summed E-state index contributed by atoms with van der Waals surface area (Å²) in [5.41, 5.74) is 2.70. The molecule has 1 heterocycles. The number of fused-ring (bicyclic) bond motifs is 2. The van der Waals surface area contributed by atoms with Crippen LogP contribution in [0.4, 0.5) is 4.79 Å². The molecule has 0 radical (unpaired) electrons. The van der Waals surface area contributed by atoms with Gasteiger partial charge in [0, 0.05) is 16.7 Å². The maximum absolute atomic E-state index is 12.0. The average Bonchev–Trinajstić information content (AvgIpc) is 3.29. The Morgan fingerprint density at radius 3 is 2.66 bits per heavy atom. The van der Waals surface area contributed by atoms with Gasteiger partial charge >= 0.3 is 6.09 Å². The molecule has 6 heteroatoms. The van der Waals surface area contributed by atoms with Crippen molar-refractivity contribution in [1.82, 2.24) is 5.32 Å². The third-order valence-corrected chi connectivity index (χ3v) is 5.55. The second kappa shape index (κ2) is 6.64. The number of carbonyl (C=O) groups excluding carboxylic acids is 2. The molecule has 1 N–H and O–H groups in total. The van der Waals surface area contributed by atoms with Gasteiger partial charge in [-0.2, -0.15) is 5.26 Å². The number of hydrogen-bond acceptors (Lipinski definition) is 5. The van der Waals surface area contributed by atoms with Crippen LogP contribution in [0.25, 0.3) is 10.8 Å². The first-order chi connectivity index (χ1) is 14.1. The SMILES string of the molecule is N#Cc1ccc(Oc2ccc3c(c2)CC[C@H]3C2OC(=O)NC2=O)c2ccccc12. The summed E-state index contributed by atoms with van der Waals surface area (Å²) in [7, 11) is 0. The van der Waals surface area contributed by atoms with Gasteiger partial charge < -0.3 is 9.47 Å². The molecule has 5 rings (SSSR count). The third kappa shape index (κ3) is 2.88. The standard InChI is InChI=1S/C23H16N2O4/c24-12-14-6-10-20(18-4-2-1-3-16(14)18)28-15-7-9-17-13(11-15)5-8-19(17)21-22(26)25-23(27)29-21/h1-4,6-7,9-11,19,21H,5,8H2,(H,25,26,27)/t19-,21?/m1/s1. The average molecular weight is 384 g/mol. The van der Waals surface area contributed by atoms with E-state index in [9.17, 15) is 14.9 Å². The zero-order chi connectivity index (χ0) is 20.0. The van der Waals surface area contributed by atoms with Crippen molar-refractivity contribution in [2.45, 2.75) is 24.9 Å². The smallest absolute Gasteiger partial charge is 0.414 e. The molecule has 3 aromatic carbocycles. The molecule has 0 bridgehead atoms. The molecule has 2 amide bonds. The first-order valence-corrected chi connectivity index (χ1v) is 9.38. The molecule has 1 unspecified atom stereocenters. The number of cyclic esters (lactones) is 1. The molecule has 29 heavy (non-hydrogen) atoms. The molecule has 0 saturated carbocycles. The number of nitrogens with zero attached hydrogens (tertiary/aromatic N) is 1. The number of imide groups is 1. The van der Waals surface area contributed by atoms with E-state index in [-0.39, 0.29) is 11.8 Å². The van der Waals surface area contributed by atoms with E-state index in [0.717, 1.165) is 34.7 Å². The Kier molecular flexibility index (Phi) is 3.95. The summed E-state index contributed by atoms with van der Waals surface area (Å²) in [5, 5.41) is 13.2. The number of nitriles is 1. The lowest BCUT2D eigenvalue weighted by atomic mass is 9.95. The normalized spacial score (nSPS) is 20.1. The Labute approximate surface area is 166 Å². The van der Waals surface area contributed by atoms with Gasteiger partial charge in [0.25, 0.3) is 5.91 Å². The van der Waals surface area contributed by atoms with Crippen LogP contribution >= 0.6 is 0 Å². The Hall–Kier alpha value is -3.85. The summed E-state index contributed by atoms with van der Waals surface area (Å²) < 4.78 is 11.3. The quantitative estimate of drug-likeness (QED) is 0.732. The third-order valence-electron chi connectivity index (χ3n) is 5.55. The number of ether oxygens (including phenoxy) is 2. The zero-order valence-electron chi connectivity index (χ0n) is 15.3. The number of carbonyl (C=O) groups is 2. The first kappa shape index (κ1) is 17.3. The number of aryl methyl sites for hydroxylation is 1. The van der Waals surface area contributed by atoms with E-state index in [1.807, 2.05) is 42.5 Å². The maximum atomic E-state index is 12.0. The van der Waals surface area contributed by atoms with Crippen LogP contribution in [-0.2, 0) is 16.0 Å². The fourth-order valence-corrected chi connectivity index (χ4v) is 4.22. The van der Waals surface area contributed by atoms with Crippen LogP contribution in [-0.4, -0.2) is 18.1 Å². The number of rotatable bonds is 3. The van der Waals surface area contributed by atoms with Gasteiger partial charge in [0.1, 0.15) is 11.5 Å². The molecular formula is C23H16N2O4. The number of hydrogen-bond donors (Lipinski definition) is 1. The summed E-state index contributed by atoms with van der Waals surface area (Å²) in [5.74, 6) is 0.851. The van der Waals surface area contributed by atoms with E-state index in [1.54, 1.807) is 12.1 Å². The summed E-state index contributed by atoms with van der Waals surface area (Å²) in [4.78, 5) is 23.3. The van der Waals surface area contributed by atoms with Crippen LogP contribution in [0.3, 0.4) is 0 Å². The van der Waals surface area contributed by atoms with Crippen molar-refractivity contribution in [3.63, 3.8) is 0 Å². The lowest BCUT2D eigenvalue weighted by molar-refractivity contribution is -0.124. The van der Waals surface area contributed by atoms with Crippen LogP contribution in [0.15, 0.2) is 54.6 Å². The van der Waals surface area contributed by atoms with Crippen LogP contribution in [0.2, 0.25) is 0 Å². The van der Waals surface area contributed by atoms with Crippen molar-refractivity contribution >= 4 is 22.8 Å². The minimum absolute atomic E-state index is 0.138. The van der Waals surface area contributed by atoms with Gasteiger partial charge in [-0.3, -0.25) is 10.1 Å². The van der Waals surface area contributed by atoms with Gasteiger partial charge in [0.15, 0.2) is 6.10 Å². The fourth-order valence-electron chi connectivity index (χ4n) is 4.22. The van der Waals surface area contributed by atoms with Gasteiger partial charge in [0.05, 0.1) is 11.6 Å². The zero-order valence-corrected chi connectivity index (χ0v) is 15.3. The number of amides is 2. The Morgan fingerprint density at radius 2 is 1.90 bits per heavy atom. The lowest BCUT2D eigenvalue weighted by Gasteiger charge is -2.16. The van der Waals surface area contributed by atoms with Crippen molar-refractivity contribution in [3.8, 4) is 17.6 Å². The second-order valence-corrected chi connectivity index (χ2v) is 7.19. The highest BCUT2D eigenvalue weighted by molar-refractivity contribution is 6.00. The highest BCUT2D eigenvalue weighted by Crippen LogP contribution is 2.40. The summed E-state index contributed by atoms with van der Waals surface area (Å²) in [6.07, 6.45) is 0.0791. The molecule has 2 atom stereocenters. The summed E-state index contributed by atoms with van der Waals surface area (Å²) >= 11 is 0. The Morgan fingerprint density at radius 1 is 1.07 bits per heavy atom. The lowest BCUT2D eigenvalue weighted by Crippen LogP contribution is -2.28. The maximum Gasteiger partial charge on any atom is 0.414 e. The molecule has 1 fully saturated rings. The molecule has 1 saturated heterocycles. The molecule has 1 aliphatic carbocycles. The highest BCUT2D eigenvalue weighted by atomic mass is 16.6. The van der Waals surface area contributed by atoms with E-state index in [1.165, 1.54) is 0 Å². The minimum Gasteiger partial charge on any atom is -0.457 e. The van der Waals surface area contributed by atoms with E-state index >= 15 is 0 Å². The van der Waals surface area contributed by atoms with E-state index in [4.69, 9.17) is 9.47 Å². The highest BCUT2D eigenvalue weighted by Gasteiger charge is 2.42. The van der Waals surface area contributed by atoms with Gasteiger partial charge in [-0.15, -0.1) is 0 Å². The molecule has 142 valence electrons. The molecule has 2 aliphatic rings. The predicted molar refractivity (Wildman–Crippen MR) is 105 cm³/mol. The monoisotopic (exact) mass is 384 g/mol. The van der Waals surface area contributed by atoms with E-state index in [2.05, 4.69) is 11.4 Å². The molecule has 3 aromatic rings. The Balaban J connectivity index is 1.45. The van der Waals surface area contributed by atoms with Crippen molar-refractivity contribution < 1.29 is 19.1 Å². The van der Waals surface area contributed by atoms with Gasteiger partial charge in [-0.05, 0) is 48.2 Å². The van der Waals surface area contributed by atoms with Gasteiger partial charge in [0.2, 0.25) is 0 Å². The Bertz CT molecular complexity index is 1210. The number of benzene rings is 3. The molecule has 0 spiro atoms. The molecule has 1 aliphatic heterocycles. The largest absolute Gasteiger partial charge is 0.457 e. The summed E-state index contributed by atoms with van der Waals surface area (Å²) in [6.45, 7) is 0. The molecule has 0 aromatic heterocycles. The van der Waals surface area contributed by atoms with E-state index < -0.39 is 12.2 Å². The van der Waals surface area contributed by atoms with Crippen molar-refractivity contribution in [3.05, 3.63) is 71.3 Å². The van der Waals surface area contributed by atoms with Crippen LogP contribution < -0.4 is 10.1 Å². The summed E-state index contributed by atoms with van der Waals surface area (Å²) in [6, 6.07) is 19.2. The van der Waals surface area contributed by atoms with Crippen LogP contribution in [0, 0.1) is 11.3 Å². The molecule has 6 nitrogen and oxygen atoms in total. The fraction of sp³-hybridized carbons (Fsp3) is 0.174. The van der Waals surface area contributed by atoms with Crippen LogP contribution in [0.1, 0.15) is 29.0 Å². The first-order valence-electron chi connectivity index (χ1n) is 9.38. The van der Waals surface area contributed by atoms with Crippen molar-refractivity contribution in [1.29, 1.82) is 5.26 Å².